The van der Waals surface area contributed by atoms with Crippen LogP contribution in [0.5, 0.6) is 0 Å². The van der Waals surface area contributed by atoms with Crippen LogP contribution in [0.3, 0.4) is 0 Å². The number of nitrogens with zero attached hydrogens (tertiary/aromatic N) is 4. The van der Waals surface area contributed by atoms with Gasteiger partial charge in [0.25, 0.3) is 5.91 Å². The second kappa shape index (κ2) is 10.4. The molecule has 8 heteroatoms. The van der Waals surface area contributed by atoms with Gasteiger partial charge in [0.1, 0.15) is 12.2 Å². The van der Waals surface area contributed by atoms with Crippen molar-refractivity contribution in [3.8, 4) is 0 Å². The summed E-state index contributed by atoms with van der Waals surface area (Å²) in [6.45, 7) is 2.54. The minimum Gasteiger partial charge on any atom is -0.333 e. The molecule has 5 rings (SSSR count). The average Bonchev–Trinajstić information content (AvgIpc) is 2.93. The number of hydrogen-bond donors (Lipinski definition) is 1. The van der Waals surface area contributed by atoms with Crippen molar-refractivity contribution >= 4 is 17.8 Å². The Hall–Kier alpha value is -4.17. The first-order valence-electron chi connectivity index (χ1n) is 12.5. The predicted octanol–water partition coefficient (Wildman–Crippen LogP) is 3.56. The van der Waals surface area contributed by atoms with Crippen LogP contribution in [0.15, 0.2) is 91.0 Å². The van der Waals surface area contributed by atoms with E-state index in [4.69, 9.17) is 0 Å². The quantitative estimate of drug-likeness (QED) is 0.585. The molecule has 0 bridgehead atoms. The number of piperazine rings is 1. The average molecular weight is 498 g/mol. The van der Waals surface area contributed by atoms with Crippen LogP contribution in [0.4, 0.5) is 4.79 Å². The zero-order valence-corrected chi connectivity index (χ0v) is 21.0. The van der Waals surface area contributed by atoms with Gasteiger partial charge >= 0.3 is 6.03 Å². The molecule has 8 nitrogen and oxygen atoms in total. The van der Waals surface area contributed by atoms with E-state index in [1.165, 1.54) is 0 Å². The predicted molar refractivity (Wildman–Crippen MR) is 140 cm³/mol. The SMILES string of the molecule is C[C@H](c1ccccc1)N1C[C@H]2N(C(=O)CN(C)N2C(=O)NCc2ccccc2)[C@@H](c2ccccc2)C1=O. The lowest BCUT2D eigenvalue weighted by Crippen LogP contribution is -2.73. The molecule has 37 heavy (non-hydrogen) atoms. The molecule has 0 aromatic heterocycles. The Balaban J connectivity index is 1.51. The van der Waals surface area contributed by atoms with E-state index >= 15 is 0 Å². The van der Waals surface area contributed by atoms with Crippen molar-refractivity contribution in [3.05, 3.63) is 108 Å². The topological polar surface area (TPSA) is 76.2 Å². The van der Waals surface area contributed by atoms with E-state index in [2.05, 4.69) is 5.32 Å². The Morgan fingerprint density at radius 2 is 1.51 bits per heavy atom. The van der Waals surface area contributed by atoms with Gasteiger partial charge in [-0.15, -0.1) is 0 Å². The van der Waals surface area contributed by atoms with Crippen molar-refractivity contribution in [1.82, 2.24) is 25.1 Å². The van der Waals surface area contributed by atoms with Crippen molar-refractivity contribution in [2.45, 2.75) is 31.7 Å². The number of urea groups is 1. The summed E-state index contributed by atoms with van der Waals surface area (Å²) in [7, 11) is 1.73. The van der Waals surface area contributed by atoms with Gasteiger partial charge in [-0.3, -0.25) is 9.59 Å². The minimum atomic E-state index is -0.822. The van der Waals surface area contributed by atoms with E-state index in [-0.39, 0.29) is 37.0 Å². The molecule has 2 heterocycles. The lowest BCUT2D eigenvalue weighted by Gasteiger charge is -2.55. The molecule has 190 valence electrons. The van der Waals surface area contributed by atoms with Gasteiger partial charge in [-0.1, -0.05) is 91.0 Å². The standard InChI is InChI=1S/C29H31N5O3/c1-21(23-14-8-4-9-15-23)32-19-25-33(27(28(32)36)24-16-10-5-11-17-24)26(35)20-31(2)34(25)29(37)30-18-22-12-6-3-7-13-22/h3-17,21,25,27H,18-20H2,1-2H3,(H,30,37)/t21-,25+,27+/m1/s1. The van der Waals surface area contributed by atoms with Crippen LogP contribution >= 0.6 is 0 Å². The Bertz CT molecular complexity index is 1250. The van der Waals surface area contributed by atoms with Crippen molar-refractivity contribution in [3.63, 3.8) is 0 Å². The maximum absolute atomic E-state index is 14.0. The molecule has 2 saturated heterocycles. The van der Waals surface area contributed by atoms with E-state index in [1.807, 2.05) is 97.9 Å². The van der Waals surface area contributed by atoms with Gasteiger partial charge in [0.2, 0.25) is 5.91 Å². The van der Waals surface area contributed by atoms with Gasteiger partial charge in [-0.2, -0.15) is 0 Å². The zero-order chi connectivity index (χ0) is 25.9. The van der Waals surface area contributed by atoms with Crippen LogP contribution in [-0.4, -0.2) is 64.0 Å². The number of carbonyl (C=O) groups is 3. The van der Waals surface area contributed by atoms with Crippen molar-refractivity contribution in [2.75, 3.05) is 20.1 Å². The molecule has 0 saturated carbocycles. The van der Waals surface area contributed by atoms with E-state index in [0.717, 1.165) is 16.7 Å². The van der Waals surface area contributed by atoms with Crippen LogP contribution in [0.2, 0.25) is 0 Å². The number of fused-ring (bicyclic) bond motifs is 1. The molecular formula is C29H31N5O3. The monoisotopic (exact) mass is 497 g/mol. The molecule has 3 aromatic rings. The summed E-state index contributed by atoms with van der Waals surface area (Å²) in [5.41, 5.74) is 2.69. The number of amides is 4. The number of likely N-dealkylation sites (N-methyl/N-ethyl adjacent to an activating group) is 1. The number of hydrazine groups is 1. The Kier molecular flexibility index (Phi) is 6.92. The van der Waals surface area contributed by atoms with Crippen molar-refractivity contribution in [1.29, 1.82) is 0 Å². The fourth-order valence-electron chi connectivity index (χ4n) is 5.23. The third-order valence-electron chi connectivity index (χ3n) is 7.14. The molecule has 0 unspecified atom stereocenters. The first-order chi connectivity index (χ1) is 18.0. The summed E-state index contributed by atoms with van der Waals surface area (Å²) in [5, 5.41) is 6.22. The highest BCUT2D eigenvalue weighted by Crippen LogP contribution is 2.37. The maximum atomic E-state index is 14.0. The van der Waals surface area contributed by atoms with Crippen LogP contribution < -0.4 is 5.32 Å². The summed E-state index contributed by atoms with van der Waals surface area (Å²) in [6, 6.07) is 27.4. The largest absolute Gasteiger partial charge is 0.334 e. The molecule has 2 fully saturated rings. The van der Waals surface area contributed by atoms with E-state index < -0.39 is 12.2 Å². The third kappa shape index (κ3) is 4.80. The van der Waals surface area contributed by atoms with Gasteiger partial charge < -0.3 is 15.1 Å². The van der Waals surface area contributed by atoms with Crippen LogP contribution in [0.1, 0.15) is 35.7 Å². The Morgan fingerprint density at radius 3 is 2.16 bits per heavy atom. The first kappa shape index (κ1) is 24.5. The van der Waals surface area contributed by atoms with Gasteiger partial charge in [0.05, 0.1) is 19.1 Å². The lowest BCUT2D eigenvalue weighted by molar-refractivity contribution is -0.189. The summed E-state index contributed by atoms with van der Waals surface area (Å²) in [4.78, 5) is 44.4. The first-order valence-corrected chi connectivity index (χ1v) is 12.5. The zero-order valence-electron chi connectivity index (χ0n) is 21.0. The minimum absolute atomic E-state index is 0.000109. The molecule has 0 spiro atoms. The molecule has 2 aliphatic heterocycles. The summed E-state index contributed by atoms with van der Waals surface area (Å²) >= 11 is 0. The third-order valence-corrected chi connectivity index (χ3v) is 7.14. The second-order valence-electron chi connectivity index (χ2n) is 9.48. The highest BCUT2D eigenvalue weighted by Gasteiger charge is 2.52. The number of rotatable bonds is 5. The molecular weight excluding hydrogens is 466 g/mol. The van der Waals surface area contributed by atoms with E-state index in [1.54, 1.807) is 26.9 Å². The summed E-state index contributed by atoms with van der Waals surface area (Å²) in [6.07, 6.45) is -0.656. The van der Waals surface area contributed by atoms with E-state index in [0.29, 0.717) is 6.54 Å². The molecule has 0 aliphatic carbocycles. The van der Waals surface area contributed by atoms with E-state index in [9.17, 15) is 14.4 Å². The number of carbonyl (C=O) groups excluding carboxylic acids is 3. The Morgan fingerprint density at radius 1 is 0.919 bits per heavy atom. The van der Waals surface area contributed by atoms with Crippen molar-refractivity contribution < 1.29 is 14.4 Å². The second-order valence-corrected chi connectivity index (χ2v) is 9.48. The number of hydrogen-bond acceptors (Lipinski definition) is 4. The highest BCUT2D eigenvalue weighted by atomic mass is 16.2. The van der Waals surface area contributed by atoms with Gasteiger partial charge in [0.15, 0.2) is 0 Å². The number of nitrogens with one attached hydrogen (secondary N) is 1. The molecule has 4 amide bonds. The molecule has 3 atom stereocenters. The van der Waals surface area contributed by atoms with Gasteiger partial charge in [0, 0.05) is 13.6 Å². The van der Waals surface area contributed by atoms with Crippen LogP contribution in [0, 0.1) is 0 Å². The fourth-order valence-corrected chi connectivity index (χ4v) is 5.23. The van der Waals surface area contributed by atoms with Crippen LogP contribution in [-0.2, 0) is 16.1 Å². The van der Waals surface area contributed by atoms with Gasteiger partial charge in [-0.05, 0) is 23.6 Å². The molecule has 2 aliphatic rings. The summed E-state index contributed by atoms with van der Waals surface area (Å²) in [5.74, 6) is -0.338. The molecule has 3 aromatic carbocycles. The van der Waals surface area contributed by atoms with Crippen LogP contribution in [0.25, 0.3) is 0 Å². The normalized spacial score (nSPS) is 21.0. The fraction of sp³-hybridized carbons (Fsp3) is 0.276. The Labute approximate surface area is 217 Å². The summed E-state index contributed by atoms with van der Waals surface area (Å²) < 4.78 is 0. The lowest BCUT2D eigenvalue weighted by atomic mass is 9.96. The van der Waals surface area contributed by atoms with Crippen molar-refractivity contribution in [2.24, 2.45) is 0 Å². The maximum Gasteiger partial charge on any atom is 0.334 e. The molecule has 1 N–H and O–H groups in total. The number of benzene rings is 3. The van der Waals surface area contributed by atoms with Gasteiger partial charge in [-0.25, -0.2) is 14.8 Å². The highest BCUT2D eigenvalue weighted by molar-refractivity contribution is 5.92. The molecule has 0 radical (unpaired) electrons. The smallest absolute Gasteiger partial charge is 0.333 e.